The molecular formula is C23H29IN4O2. The highest BCUT2D eigenvalue weighted by molar-refractivity contribution is 14.1. The van der Waals surface area contributed by atoms with Crippen LogP contribution in [0.2, 0.25) is 0 Å². The van der Waals surface area contributed by atoms with E-state index in [9.17, 15) is 0 Å². The summed E-state index contributed by atoms with van der Waals surface area (Å²) in [6.07, 6.45) is 1.94. The van der Waals surface area contributed by atoms with Crippen LogP contribution in [0.25, 0.3) is 0 Å². The number of nitrogens with zero attached hydrogens (tertiary/aromatic N) is 3. The second-order valence-electron chi connectivity index (χ2n) is 8.75. The van der Waals surface area contributed by atoms with Crippen LogP contribution in [-0.2, 0) is 11.3 Å². The molecule has 0 saturated carbocycles. The van der Waals surface area contributed by atoms with Crippen molar-refractivity contribution in [2.45, 2.75) is 44.5 Å². The lowest BCUT2D eigenvalue weighted by molar-refractivity contribution is 0.134. The van der Waals surface area contributed by atoms with Crippen LogP contribution in [-0.4, -0.2) is 58.0 Å². The molecule has 3 aliphatic rings. The second kappa shape index (κ2) is 8.61. The first-order chi connectivity index (χ1) is 14.6. The molecular weight excluding hydrogens is 491 g/mol. The van der Waals surface area contributed by atoms with E-state index in [1.165, 1.54) is 16.7 Å². The van der Waals surface area contributed by atoms with Crippen molar-refractivity contribution in [3.63, 3.8) is 0 Å². The van der Waals surface area contributed by atoms with E-state index in [1.54, 1.807) is 0 Å². The Kier molecular flexibility index (Phi) is 5.88. The number of nitrogens with one attached hydrogen (secondary N) is 1. The minimum Gasteiger partial charge on any atom is -0.468 e. The Morgan fingerprint density at radius 1 is 1.20 bits per heavy atom. The summed E-state index contributed by atoms with van der Waals surface area (Å²) in [4.78, 5) is 7.03. The summed E-state index contributed by atoms with van der Waals surface area (Å²) in [6, 6.07) is 11.7. The van der Waals surface area contributed by atoms with Gasteiger partial charge in [0.15, 0.2) is 0 Å². The van der Waals surface area contributed by atoms with Crippen LogP contribution in [0, 0.1) is 0 Å². The standard InChI is InChI=1S/C23H29IN4O2/c1-15(2)17-5-3-4-6-18(17)20-12-27(9-10-28(20)24)11-16-7-8-25-23-22(16)26-19-13-29-14-21(19)30-23/h3-8,15,19-21,26H,9-14H2,1-2H3. The third kappa shape index (κ3) is 3.92. The number of piperazine rings is 1. The van der Waals surface area contributed by atoms with Gasteiger partial charge in [-0.3, -0.25) is 4.90 Å². The first-order valence-corrected chi connectivity index (χ1v) is 11.8. The van der Waals surface area contributed by atoms with Gasteiger partial charge in [0, 0.05) is 55.2 Å². The Hall–Kier alpha value is -1.42. The molecule has 2 aromatic rings. The van der Waals surface area contributed by atoms with Crippen LogP contribution in [0.4, 0.5) is 5.69 Å². The van der Waals surface area contributed by atoms with E-state index in [2.05, 4.69) is 85.4 Å². The molecule has 2 saturated heterocycles. The molecule has 2 fully saturated rings. The van der Waals surface area contributed by atoms with E-state index >= 15 is 0 Å². The summed E-state index contributed by atoms with van der Waals surface area (Å²) in [5.41, 5.74) is 5.20. The summed E-state index contributed by atoms with van der Waals surface area (Å²) in [5, 5.41) is 3.64. The normalized spacial score (nSPS) is 26.7. The molecule has 3 atom stereocenters. The molecule has 0 amide bonds. The lowest BCUT2D eigenvalue weighted by Gasteiger charge is -2.40. The number of anilines is 1. The Balaban J connectivity index is 1.36. The van der Waals surface area contributed by atoms with E-state index in [0.29, 0.717) is 31.1 Å². The maximum Gasteiger partial charge on any atom is 0.238 e. The van der Waals surface area contributed by atoms with Crippen LogP contribution in [0.1, 0.15) is 42.5 Å². The zero-order chi connectivity index (χ0) is 20.7. The van der Waals surface area contributed by atoms with E-state index in [-0.39, 0.29) is 12.1 Å². The largest absolute Gasteiger partial charge is 0.468 e. The maximum atomic E-state index is 6.11. The molecule has 1 aromatic carbocycles. The minimum atomic E-state index is 0.0692. The van der Waals surface area contributed by atoms with Gasteiger partial charge < -0.3 is 14.8 Å². The summed E-state index contributed by atoms with van der Waals surface area (Å²) < 4.78 is 14.2. The fraction of sp³-hybridized carbons (Fsp3) is 0.522. The number of pyridine rings is 1. The summed E-state index contributed by atoms with van der Waals surface area (Å²) >= 11 is 2.51. The van der Waals surface area contributed by atoms with Gasteiger partial charge in [-0.25, -0.2) is 8.10 Å². The predicted molar refractivity (Wildman–Crippen MR) is 126 cm³/mol. The SMILES string of the molecule is CC(C)c1ccccc1C1CN(Cc2ccnc3c2NC2COCC2O3)CCN1I. The van der Waals surface area contributed by atoms with Crippen LogP contribution in [0.15, 0.2) is 36.5 Å². The van der Waals surface area contributed by atoms with Crippen molar-refractivity contribution in [2.24, 2.45) is 0 Å². The molecule has 3 unspecified atom stereocenters. The number of ether oxygens (including phenoxy) is 2. The second-order valence-corrected chi connectivity index (χ2v) is 9.99. The molecule has 1 N–H and O–H groups in total. The highest BCUT2D eigenvalue weighted by Gasteiger charge is 2.37. The molecule has 7 heteroatoms. The van der Waals surface area contributed by atoms with Crippen molar-refractivity contribution < 1.29 is 9.47 Å². The number of aromatic nitrogens is 1. The lowest BCUT2D eigenvalue weighted by atomic mass is 9.91. The fourth-order valence-electron chi connectivity index (χ4n) is 4.76. The highest BCUT2D eigenvalue weighted by atomic mass is 127. The Labute approximate surface area is 192 Å². The molecule has 30 heavy (non-hydrogen) atoms. The van der Waals surface area contributed by atoms with Crippen LogP contribution in [0.3, 0.4) is 0 Å². The van der Waals surface area contributed by atoms with E-state index in [4.69, 9.17) is 9.47 Å². The smallest absolute Gasteiger partial charge is 0.238 e. The molecule has 3 aliphatic heterocycles. The number of rotatable bonds is 4. The predicted octanol–water partition coefficient (Wildman–Crippen LogP) is 3.99. The molecule has 5 rings (SSSR count). The zero-order valence-electron chi connectivity index (χ0n) is 17.6. The summed E-state index contributed by atoms with van der Waals surface area (Å²) in [5.74, 6) is 1.24. The summed E-state index contributed by atoms with van der Waals surface area (Å²) in [7, 11) is 0. The van der Waals surface area contributed by atoms with E-state index in [1.807, 2.05) is 6.20 Å². The number of hydrogen-bond donors (Lipinski definition) is 1. The molecule has 0 aliphatic carbocycles. The van der Waals surface area contributed by atoms with Gasteiger partial charge >= 0.3 is 0 Å². The topological polar surface area (TPSA) is 49.9 Å². The lowest BCUT2D eigenvalue weighted by Crippen LogP contribution is -2.45. The maximum absolute atomic E-state index is 6.11. The van der Waals surface area contributed by atoms with Gasteiger partial charge in [0.1, 0.15) is 11.8 Å². The van der Waals surface area contributed by atoms with Crippen molar-refractivity contribution >= 4 is 28.6 Å². The van der Waals surface area contributed by atoms with Gasteiger partial charge in [-0.1, -0.05) is 38.1 Å². The minimum absolute atomic E-state index is 0.0692. The van der Waals surface area contributed by atoms with Gasteiger partial charge in [-0.15, -0.1) is 0 Å². The summed E-state index contributed by atoms with van der Waals surface area (Å²) in [6.45, 7) is 9.91. The Morgan fingerprint density at radius 3 is 2.93 bits per heavy atom. The van der Waals surface area contributed by atoms with Crippen LogP contribution >= 0.6 is 22.9 Å². The van der Waals surface area contributed by atoms with Crippen LogP contribution in [0.5, 0.6) is 5.88 Å². The van der Waals surface area contributed by atoms with Crippen LogP contribution < -0.4 is 10.1 Å². The number of halogens is 1. The quantitative estimate of drug-likeness (QED) is 0.487. The van der Waals surface area contributed by atoms with Crippen molar-refractivity contribution in [3.05, 3.63) is 53.2 Å². The molecule has 0 spiro atoms. The van der Waals surface area contributed by atoms with E-state index in [0.717, 1.165) is 31.9 Å². The van der Waals surface area contributed by atoms with Gasteiger partial charge in [-0.05, 0) is 28.7 Å². The monoisotopic (exact) mass is 520 g/mol. The average molecular weight is 520 g/mol. The van der Waals surface area contributed by atoms with Crippen molar-refractivity contribution in [3.8, 4) is 5.88 Å². The Bertz CT molecular complexity index is 909. The zero-order valence-corrected chi connectivity index (χ0v) is 19.7. The van der Waals surface area contributed by atoms with Gasteiger partial charge in [0.25, 0.3) is 0 Å². The van der Waals surface area contributed by atoms with E-state index < -0.39 is 0 Å². The molecule has 6 nitrogen and oxygen atoms in total. The van der Waals surface area contributed by atoms with Gasteiger partial charge in [0.2, 0.25) is 5.88 Å². The van der Waals surface area contributed by atoms with Crippen molar-refractivity contribution in [1.29, 1.82) is 0 Å². The van der Waals surface area contributed by atoms with Crippen molar-refractivity contribution in [2.75, 3.05) is 38.2 Å². The molecule has 160 valence electrons. The van der Waals surface area contributed by atoms with Gasteiger partial charge in [0.05, 0.1) is 25.3 Å². The number of benzene rings is 1. The van der Waals surface area contributed by atoms with Gasteiger partial charge in [-0.2, -0.15) is 0 Å². The Morgan fingerprint density at radius 2 is 2.07 bits per heavy atom. The molecule has 1 aromatic heterocycles. The average Bonchev–Trinajstić information content (AvgIpc) is 3.21. The first-order valence-electron chi connectivity index (χ1n) is 10.8. The number of fused-ring (bicyclic) bond motifs is 2. The van der Waals surface area contributed by atoms with Crippen molar-refractivity contribution in [1.82, 2.24) is 13.0 Å². The molecule has 0 radical (unpaired) electrons. The number of hydrogen-bond acceptors (Lipinski definition) is 6. The third-order valence-corrected chi connectivity index (χ3v) is 7.55. The fourth-order valence-corrected chi connectivity index (χ4v) is 5.45. The highest BCUT2D eigenvalue weighted by Crippen LogP contribution is 2.37. The first kappa shape index (κ1) is 20.5. The molecule has 4 heterocycles. The molecule has 0 bridgehead atoms. The third-order valence-electron chi connectivity index (χ3n) is 6.39.